The standard InChI is InChI=1S/C20H20N4O2S/c1-5-10-21-18(25)14-8-6-7-9-15(14)24-19(26)17-11(2)16-12(3)22-13(4)23-20(16)27-17/h5-9H,1,10H2,2-4H3,(H,21,25)(H,24,26). The molecule has 0 atom stereocenters. The number of para-hydroxylation sites is 1. The molecule has 0 saturated heterocycles. The maximum Gasteiger partial charge on any atom is 0.266 e. The first-order valence-electron chi connectivity index (χ1n) is 8.46. The van der Waals surface area contributed by atoms with Gasteiger partial charge in [-0.1, -0.05) is 18.2 Å². The summed E-state index contributed by atoms with van der Waals surface area (Å²) in [7, 11) is 0. The van der Waals surface area contributed by atoms with Crippen LogP contribution in [0, 0.1) is 20.8 Å². The summed E-state index contributed by atoms with van der Waals surface area (Å²) in [6.07, 6.45) is 1.60. The molecule has 0 radical (unpaired) electrons. The highest BCUT2D eigenvalue weighted by molar-refractivity contribution is 7.20. The molecule has 3 rings (SSSR count). The van der Waals surface area contributed by atoms with Crippen LogP contribution in [0.15, 0.2) is 36.9 Å². The van der Waals surface area contributed by atoms with Gasteiger partial charge in [-0.05, 0) is 38.5 Å². The largest absolute Gasteiger partial charge is 0.349 e. The van der Waals surface area contributed by atoms with Gasteiger partial charge in [-0.15, -0.1) is 17.9 Å². The molecule has 2 aromatic heterocycles. The van der Waals surface area contributed by atoms with E-state index >= 15 is 0 Å². The molecular weight excluding hydrogens is 360 g/mol. The highest BCUT2D eigenvalue weighted by atomic mass is 32.1. The van der Waals surface area contributed by atoms with E-state index in [1.54, 1.807) is 30.3 Å². The number of carbonyl (C=O) groups excluding carboxylic acids is 2. The molecule has 1 aromatic carbocycles. The van der Waals surface area contributed by atoms with Crippen molar-refractivity contribution in [2.75, 3.05) is 11.9 Å². The third-order valence-corrected chi connectivity index (χ3v) is 5.30. The Labute approximate surface area is 161 Å². The average molecular weight is 380 g/mol. The highest BCUT2D eigenvalue weighted by Gasteiger charge is 2.20. The molecule has 0 aliphatic carbocycles. The zero-order valence-corrected chi connectivity index (χ0v) is 16.2. The molecule has 6 nitrogen and oxygen atoms in total. The van der Waals surface area contributed by atoms with Gasteiger partial charge in [-0.3, -0.25) is 9.59 Å². The molecule has 138 valence electrons. The zero-order valence-electron chi connectivity index (χ0n) is 15.4. The monoisotopic (exact) mass is 380 g/mol. The fourth-order valence-corrected chi connectivity index (χ4v) is 4.09. The van der Waals surface area contributed by atoms with Crippen LogP contribution in [0.25, 0.3) is 10.2 Å². The summed E-state index contributed by atoms with van der Waals surface area (Å²) in [6, 6.07) is 6.91. The SMILES string of the molecule is C=CCNC(=O)c1ccccc1NC(=O)c1sc2nc(C)nc(C)c2c1C. The molecule has 0 unspecified atom stereocenters. The third kappa shape index (κ3) is 3.73. The summed E-state index contributed by atoms with van der Waals surface area (Å²) in [5.41, 5.74) is 2.56. The van der Waals surface area contributed by atoms with Crippen LogP contribution in [0.3, 0.4) is 0 Å². The van der Waals surface area contributed by atoms with Crippen LogP contribution in [-0.2, 0) is 0 Å². The predicted octanol–water partition coefficient (Wildman–Crippen LogP) is 3.78. The molecule has 0 aliphatic rings. The second-order valence-electron chi connectivity index (χ2n) is 6.09. The van der Waals surface area contributed by atoms with Crippen molar-refractivity contribution >= 4 is 39.1 Å². The minimum Gasteiger partial charge on any atom is -0.349 e. The number of thiophene rings is 1. The van der Waals surface area contributed by atoms with Gasteiger partial charge in [0.15, 0.2) is 0 Å². The van der Waals surface area contributed by atoms with Crippen LogP contribution in [-0.4, -0.2) is 28.3 Å². The number of rotatable bonds is 5. The predicted molar refractivity (Wildman–Crippen MR) is 109 cm³/mol. The maximum absolute atomic E-state index is 12.9. The second kappa shape index (κ2) is 7.67. The number of carbonyl (C=O) groups is 2. The number of hydrogen-bond donors (Lipinski definition) is 2. The van der Waals surface area contributed by atoms with Crippen molar-refractivity contribution in [1.82, 2.24) is 15.3 Å². The lowest BCUT2D eigenvalue weighted by molar-refractivity contribution is 0.0959. The minimum atomic E-state index is -0.267. The Hall–Kier alpha value is -3.06. The van der Waals surface area contributed by atoms with Gasteiger partial charge in [0.1, 0.15) is 10.7 Å². The number of amides is 2. The fourth-order valence-electron chi connectivity index (χ4n) is 2.92. The van der Waals surface area contributed by atoms with Gasteiger partial charge < -0.3 is 10.6 Å². The number of hydrogen-bond acceptors (Lipinski definition) is 5. The number of nitrogens with zero attached hydrogens (tertiary/aromatic N) is 2. The minimum absolute atomic E-state index is 0.267. The first-order chi connectivity index (χ1) is 12.9. The molecule has 2 amide bonds. The number of fused-ring (bicyclic) bond motifs is 1. The number of benzene rings is 1. The summed E-state index contributed by atoms with van der Waals surface area (Å²) in [6.45, 7) is 9.58. The van der Waals surface area contributed by atoms with Crippen molar-refractivity contribution in [2.45, 2.75) is 20.8 Å². The van der Waals surface area contributed by atoms with Crippen molar-refractivity contribution in [3.05, 3.63) is 64.4 Å². The quantitative estimate of drug-likeness (QED) is 0.660. The smallest absolute Gasteiger partial charge is 0.266 e. The normalized spacial score (nSPS) is 10.6. The van der Waals surface area contributed by atoms with E-state index in [0.29, 0.717) is 28.5 Å². The van der Waals surface area contributed by atoms with Gasteiger partial charge in [-0.2, -0.15) is 0 Å². The van der Waals surface area contributed by atoms with Crippen LogP contribution in [0.1, 0.15) is 37.1 Å². The van der Waals surface area contributed by atoms with Crippen LogP contribution in [0.4, 0.5) is 5.69 Å². The van der Waals surface area contributed by atoms with Gasteiger partial charge in [-0.25, -0.2) is 9.97 Å². The summed E-state index contributed by atoms with van der Waals surface area (Å²) < 4.78 is 0. The molecule has 0 aliphatic heterocycles. The molecule has 3 aromatic rings. The van der Waals surface area contributed by atoms with E-state index in [4.69, 9.17) is 0 Å². The Kier molecular flexibility index (Phi) is 5.32. The van der Waals surface area contributed by atoms with Crippen molar-refractivity contribution in [1.29, 1.82) is 0 Å². The molecular formula is C20H20N4O2S. The number of nitrogens with one attached hydrogen (secondary N) is 2. The van der Waals surface area contributed by atoms with E-state index in [1.165, 1.54) is 11.3 Å². The number of anilines is 1. The Bertz CT molecular complexity index is 1060. The van der Waals surface area contributed by atoms with Gasteiger partial charge in [0.25, 0.3) is 11.8 Å². The van der Waals surface area contributed by atoms with Crippen LogP contribution in [0.2, 0.25) is 0 Å². The Morgan fingerprint density at radius 2 is 1.89 bits per heavy atom. The van der Waals surface area contributed by atoms with Gasteiger partial charge in [0.05, 0.1) is 16.1 Å². The topological polar surface area (TPSA) is 84.0 Å². The summed E-state index contributed by atoms with van der Waals surface area (Å²) in [4.78, 5) is 35.4. The van der Waals surface area contributed by atoms with E-state index in [0.717, 1.165) is 21.5 Å². The van der Waals surface area contributed by atoms with Crippen LogP contribution in [0.5, 0.6) is 0 Å². The van der Waals surface area contributed by atoms with Crippen molar-refractivity contribution in [3.63, 3.8) is 0 Å². The van der Waals surface area contributed by atoms with E-state index in [1.807, 2.05) is 20.8 Å². The Balaban J connectivity index is 1.94. The second-order valence-corrected chi connectivity index (χ2v) is 7.09. The summed E-state index contributed by atoms with van der Waals surface area (Å²) in [5, 5.41) is 6.49. The van der Waals surface area contributed by atoms with Crippen LogP contribution >= 0.6 is 11.3 Å². The molecule has 0 saturated carbocycles. The van der Waals surface area contributed by atoms with E-state index in [9.17, 15) is 9.59 Å². The van der Waals surface area contributed by atoms with E-state index < -0.39 is 0 Å². The van der Waals surface area contributed by atoms with Crippen molar-refractivity contribution in [2.24, 2.45) is 0 Å². The summed E-state index contributed by atoms with van der Waals surface area (Å²) in [5.74, 6) is 0.144. The molecule has 0 fully saturated rings. The molecule has 2 heterocycles. The van der Waals surface area contributed by atoms with E-state index in [-0.39, 0.29) is 11.8 Å². The van der Waals surface area contributed by atoms with E-state index in [2.05, 4.69) is 27.2 Å². The lowest BCUT2D eigenvalue weighted by atomic mass is 10.1. The number of aromatic nitrogens is 2. The summed E-state index contributed by atoms with van der Waals surface area (Å²) >= 11 is 1.33. The first kappa shape index (κ1) is 18.7. The Morgan fingerprint density at radius 1 is 1.15 bits per heavy atom. The van der Waals surface area contributed by atoms with Gasteiger partial charge in [0.2, 0.25) is 0 Å². The lowest BCUT2D eigenvalue weighted by Gasteiger charge is -2.10. The Morgan fingerprint density at radius 3 is 2.63 bits per heavy atom. The fraction of sp³-hybridized carbons (Fsp3) is 0.200. The zero-order chi connectivity index (χ0) is 19.6. The van der Waals surface area contributed by atoms with Crippen LogP contribution < -0.4 is 10.6 Å². The third-order valence-electron chi connectivity index (χ3n) is 4.12. The highest BCUT2D eigenvalue weighted by Crippen LogP contribution is 2.32. The molecule has 0 bridgehead atoms. The molecule has 0 spiro atoms. The molecule has 2 N–H and O–H groups in total. The average Bonchev–Trinajstić information content (AvgIpc) is 2.96. The van der Waals surface area contributed by atoms with Crippen molar-refractivity contribution < 1.29 is 9.59 Å². The molecule has 7 heteroatoms. The van der Waals surface area contributed by atoms with Gasteiger partial charge >= 0.3 is 0 Å². The lowest BCUT2D eigenvalue weighted by Crippen LogP contribution is -2.25. The maximum atomic E-state index is 12.9. The molecule has 27 heavy (non-hydrogen) atoms. The first-order valence-corrected chi connectivity index (χ1v) is 9.27. The van der Waals surface area contributed by atoms with Gasteiger partial charge in [0, 0.05) is 17.6 Å². The number of aryl methyl sites for hydroxylation is 3. The van der Waals surface area contributed by atoms with Crippen molar-refractivity contribution in [3.8, 4) is 0 Å².